The number of aromatic nitrogens is 2. The molecule has 6 nitrogen and oxygen atoms in total. The van der Waals surface area contributed by atoms with E-state index < -0.39 is 10.0 Å². The van der Waals surface area contributed by atoms with Crippen LogP contribution in [0.5, 0.6) is 0 Å². The van der Waals surface area contributed by atoms with Gasteiger partial charge in [-0.05, 0) is 6.92 Å². The molecule has 0 bridgehead atoms. The molecule has 0 spiro atoms. The third-order valence-electron chi connectivity index (χ3n) is 2.56. The van der Waals surface area contributed by atoms with Gasteiger partial charge in [-0.15, -0.1) is 11.6 Å². The maximum absolute atomic E-state index is 12.2. The van der Waals surface area contributed by atoms with E-state index >= 15 is 0 Å². The number of hydrogen-bond donors (Lipinski definition) is 1. The van der Waals surface area contributed by atoms with E-state index in [0.717, 1.165) is 0 Å². The van der Waals surface area contributed by atoms with Crippen LogP contribution in [-0.4, -0.2) is 53.9 Å². The monoisotopic (exact) mass is 279 g/mol. The highest BCUT2D eigenvalue weighted by atomic mass is 35.5. The number of nitrogens with zero attached hydrogens (tertiary/aromatic N) is 2. The van der Waals surface area contributed by atoms with Crippen LogP contribution in [0, 0.1) is 0 Å². The van der Waals surface area contributed by atoms with Crippen LogP contribution in [0.3, 0.4) is 0 Å². The Morgan fingerprint density at radius 2 is 2.41 bits per heavy atom. The minimum Gasteiger partial charge on any atom is -0.371 e. The Morgan fingerprint density at radius 3 is 3.00 bits per heavy atom. The quantitative estimate of drug-likeness (QED) is 0.814. The molecule has 0 amide bonds. The fourth-order valence-electron chi connectivity index (χ4n) is 1.81. The Morgan fingerprint density at radius 1 is 1.65 bits per heavy atom. The minimum absolute atomic E-state index is 0.0972. The molecule has 0 radical (unpaired) electrons. The topological polar surface area (TPSA) is 75.3 Å². The van der Waals surface area contributed by atoms with Crippen LogP contribution >= 0.6 is 11.6 Å². The zero-order valence-electron chi connectivity index (χ0n) is 9.34. The lowest BCUT2D eigenvalue weighted by atomic mass is 10.3. The fraction of sp³-hybridized carbons (Fsp3) is 0.667. The molecule has 8 heteroatoms. The molecule has 1 fully saturated rings. The maximum Gasteiger partial charge on any atom is 0.260 e. The number of nitrogens with one attached hydrogen (secondary N) is 1. The summed E-state index contributed by atoms with van der Waals surface area (Å²) in [5.74, 6) is 0.277. The Hall–Kier alpha value is -0.630. The summed E-state index contributed by atoms with van der Waals surface area (Å²) in [7, 11) is -3.52. The molecular formula is C9H14ClN3O3S. The molecule has 1 N–H and O–H groups in total. The average molecular weight is 280 g/mol. The molecule has 0 aliphatic carbocycles. The third-order valence-corrected chi connectivity index (χ3v) is 4.66. The summed E-state index contributed by atoms with van der Waals surface area (Å²) in [5.41, 5.74) is 0. The van der Waals surface area contributed by atoms with E-state index in [9.17, 15) is 8.42 Å². The van der Waals surface area contributed by atoms with Crippen molar-refractivity contribution in [2.75, 3.05) is 19.0 Å². The molecule has 2 rings (SSSR count). The first-order valence-electron chi connectivity index (χ1n) is 5.24. The molecule has 96 valence electrons. The van der Waals surface area contributed by atoms with E-state index in [2.05, 4.69) is 9.97 Å². The zero-order valence-corrected chi connectivity index (χ0v) is 10.9. The Labute approximate surface area is 105 Å². The largest absolute Gasteiger partial charge is 0.371 e. The van der Waals surface area contributed by atoms with Gasteiger partial charge >= 0.3 is 0 Å². The van der Waals surface area contributed by atoms with Crippen LogP contribution in [0.15, 0.2) is 17.6 Å². The standard InChI is InChI=1S/C9H14ClN3O3S/c1-7-4-13(5-8(2-10)16-7)17(14,15)9-3-11-6-12-9/h3,6-8H,2,4-5H2,1H3,(H,11,12). The highest BCUT2D eigenvalue weighted by Gasteiger charge is 2.34. The van der Waals surface area contributed by atoms with Gasteiger partial charge in [-0.1, -0.05) is 0 Å². The second kappa shape index (κ2) is 4.93. The van der Waals surface area contributed by atoms with Crippen LogP contribution in [0.4, 0.5) is 0 Å². The van der Waals surface area contributed by atoms with Crippen molar-refractivity contribution in [3.8, 4) is 0 Å². The van der Waals surface area contributed by atoms with Crippen molar-refractivity contribution in [1.29, 1.82) is 0 Å². The molecule has 1 aromatic heterocycles. The molecule has 2 heterocycles. The Balaban J connectivity index is 2.22. The fourth-order valence-corrected chi connectivity index (χ4v) is 3.42. The SMILES string of the molecule is CC1CN(S(=O)(=O)c2cnc[nH]2)CC(CCl)O1. The van der Waals surface area contributed by atoms with Crippen LogP contribution in [0.25, 0.3) is 0 Å². The van der Waals surface area contributed by atoms with Crippen molar-refractivity contribution in [1.82, 2.24) is 14.3 Å². The molecule has 1 aliphatic heterocycles. The van der Waals surface area contributed by atoms with Gasteiger partial charge in [-0.3, -0.25) is 0 Å². The molecule has 2 atom stereocenters. The lowest BCUT2D eigenvalue weighted by molar-refractivity contribution is -0.0423. The summed E-state index contributed by atoms with van der Waals surface area (Å²) in [5, 5.41) is 0.0972. The summed E-state index contributed by atoms with van der Waals surface area (Å²) in [6.45, 7) is 2.43. The van der Waals surface area contributed by atoms with E-state index in [-0.39, 0.29) is 29.7 Å². The van der Waals surface area contributed by atoms with Crippen LogP contribution in [-0.2, 0) is 14.8 Å². The number of rotatable bonds is 3. The summed E-state index contributed by atoms with van der Waals surface area (Å²) < 4.78 is 31.3. The first-order valence-corrected chi connectivity index (χ1v) is 7.21. The normalized spacial score (nSPS) is 27.2. The van der Waals surface area contributed by atoms with Gasteiger partial charge in [0.15, 0.2) is 5.03 Å². The zero-order chi connectivity index (χ0) is 12.5. The molecule has 1 saturated heterocycles. The lowest BCUT2D eigenvalue weighted by Crippen LogP contribution is -2.49. The van der Waals surface area contributed by atoms with Crippen LogP contribution < -0.4 is 0 Å². The molecule has 0 saturated carbocycles. The number of alkyl halides is 1. The average Bonchev–Trinajstić information content (AvgIpc) is 2.82. The predicted octanol–water partition coefficient (Wildman–Crippen LogP) is 0.426. The molecule has 0 aromatic carbocycles. The van der Waals surface area contributed by atoms with Crippen molar-refractivity contribution >= 4 is 21.6 Å². The number of imidazole rings is 1. The first-order chi connectivity index (χ1) is 8.04. The van der Waals surface area contributed by atoms with Gasteiger partial charge in [-0.2, -0.15) is 4.31 Å². The predicted molar refractivity (Wildman–Crippen MR) is 62.4 cm³/mol. The highest BCUT2D eigenvalue weighted by molar-refractivity contribution is 7.89. The van der Waals surface area contributed by atoms with Gasteiger partial charge in [0.25, 0.3) is 10.0 Å². The second-order valence-corrected chi connectivity index (χ2v) is 6.18. The van der Waals surface area contributed by atoms with Gasteiger partial charge in [0.2, 0.25) is 0 Å². The molecule has 2 unspecified atom stereocenters. The van der Waals surface area contributed by atoms with Gasteiger partial charge in [0.1, 0.15) is 0 Å². The van der Waals surface area contributed by atoms with E-state index in [4.69, 9.17) is 16.3 Å². The van der Waals surface area contributed by atoms with E-state index in [1.165, 1.54) is 16.8 Å². The number of H-pyrrole nitrogens is 1. The number of morpholine rings is 1. The van der Waals surface area contributed by atoms with Gasteiger partial charge in [0, 0.05) is 19.0 Å². The van der Waals surface area contributed by atoms with Crippen molar-refractivity contribution < 1.29 is 13.2 Å². The highest BCUT2D eigenvalue weighted by Crippen LogP contribution is 2.19. The van der Waals surface area contributed by atoms with Crippen molar-refractivity contribution in [3.05, 3.63) is 12.5 Å². The Bertz CT molecular complexity index is 462. The summed E-state index contributed by atoms with van der Waals surface area (Å²) in [6.07, 6.45) is 2.21. The van der Waals surface area contributed by atoms with E-state index in [1.807, 2.05) is 6.92 Å². The van der Waals surface area contributed by atoms with Gasteiger partial charge in [-0.25, -0.2) is 13.4 Å². The van der Waals surface area contributed by atoms with Crippen LogP contribution in [0.1, 0.15) is 6.92 Å². The number of halogens is 1. The number of ether oxygens (including phenoxy) is 1. The third kappa shape index (κ3) is 2.62. The number of aromatic amines is 1. The lowest BCUT2D eigenvalue weighted by Gasteiger charge is -2.34. The molecule has 17 heavy (non-hydrogen) atoms. The number of hydrogen-bond acceptors (Lipinski definition) is 4. The summed E-state index contributed by atoms with van der Waals surface area (Å²) in [4.78, 5) is 6.33. The molecule has 1 aliphatic rings. The first kappa shape index (κ1) is 12.8. The minimum atomic E-state index is -3.52. The summed E-state index contributed by atoms with van der Waals surface area (Å²) >= 11 is 5.72. The summed E-state index contributed by atoms with van der Waals surface area (Å²) in [6, 6.07) is 0. The molecule has 1 aromatic rings. The maximum atomic E-state index is 12.2. The van der Waals surface area contributed by atoms with Crippen molar-refractivity contribution in [3.63, 3.8) is 0 Å². The van der Waals surface area contributed by atoms with Crippen LogP contribution in [0.2, 0.25) is 0 Å². The van der Waals surface area contributed by atoms with E-state index in [0.29, 0.717) is 6.54 Å². The van der Waals surface area contributed by atoms with E-state index in [1.54, 1.807) is 0 Å². The number of sulfonamides is 1. The smallest absolute Gasteiger partial charge is 0.260 e. The molecular weight excluding hydrogens is 266 g/mol. The van der Waals surface area contributed by atoms with Gasteiger partial charge < -0.3 is 9.72 Å². The van der Waals surface area contributed by atoms with Crippen molar-refractivity contribution in [2.24, 2.45) is 0 Å². The van der Waals surface area contributed by atoms with Gasteiger partial charge in [0.05, 0.1) is 24.7 Å². The Kier molecular flexibility index (Phi) is 3.72. The second-order valence-electron chi connectivity index (χ2n) is 3.96. The van der Waals surface area contributed by atoms with Crippen molar-refractivity contribution in [2.45, 2.75) is 24.2 Å².